The van der Waals surface area contributed by atoms with Crippen molar-refractivity contribution in [1.29, 1.82) is 0 Å². The number of aliphatic carboxylic acids is 1. The third-order valence-electron chi connectivity index (χ3n) is 3.25. The molecule has 1 aromatic heterocycles. The van der Waals surface area contributed by atoms with Gasteiger partial charge in [-0.1, -0.05) is 25.5 Å². The van der Waals surface area contributed by atoms with Crippen LogP contribution in [0.4, 0.5) is 0 Å². The first kappa shape index (κ1) is 14.4. The van der Waals surface area contributed by atoms with Gasteiger partial charge in [-0.15, -0.1) is 0 Å². The summed E-state index contributed by atoms with van der Waals surface area (Å²) < 4.78 is 2.27. The summed E-state index contributed by atoms with van der Waals surface area (Å²) in [6.07, 6.45) is 4.07. The Labute approximate surface area is 119 Å². The van der Waals surface area contributed by atoms with Crippen molar-refractivity contribution in [2.45, 2.75) is 33.7 Å². The number of hydrogen-bond acceptors (Lipinski definition) is 1. The number of carboxylic acids is 1. The molecule has 0 amide bonds. The summed E-state index contributed by atoms with van der Waals surface area (Å²) in [4.78, 5) is 10.6. The van der Waals surface area contributed by atoms with E-state index < -0.39 is 5.97 Å². The van der Waals surface area contributed by atoms with Crippen LogP contribution < -0.4 is 0 Å². The van der Waals surface area contributed by atoms with Crippen LogP contribution in [0.2, 0.25) is 0 Å². The normalized spacial score (nSPS) is 12.3. The average Bonchev–Trinajstić information content (AvgIpc) is 2.70. The van der Waals surface area contributed by atoms with Gasteiger partial charge in [-0.05, 0) is 48.4 Å². The van der Waals surface area contributed by atoms with E-state index in [9.17, 15) is 4.79 Å². The lowest BCUT2D eigenvalue weighted by molar-refractivity contribution is -0.131. The second kappa shape index (κ2) is 5.95. The third-order valence-corrected chi connectivity index (χ3v) is 3.25. The largest absolute Gasteiger partial charge is 0.478 e. The Balaban J connectivity index is 2.24. The number of nitrogens with zero attached hydrogens (tertiary/aromatic N) is 1. The van der Waals surface area contributed by atoms with Gasteiger partial charge in [0.15, 0.2) is 0 Å². The number of benzene rings is 1. The van der Waals surface area contributed by atoms with Crippen molar-refractivity contribution < 1.29 is 9.90 Å². The molecule has 0 aliphatic heterocycles. The second-order valence-electron chi connectivity index (χ2n) is 5.76. The minimum atomic E-state index is -0.883. The van der Waals surface area contributed by atoms with E-state index in [2.05, 4.69) is 48.9 Å². The smallest absolute Gasteiger partial charge is 0.328 e. The third kappa shape index (κ3) is 3.50. The predicted octanol–water partition coefficient (Wildman–Crippen LogP) is 3.87. The number of carboxylic acid groups (broad SMARTS) is 1. The molecule has 0 aliphatic rings. The zero-order valence-corrected chi connectivity index (χ0v) is 12.3. The SMILES string of the molecule is CC(=CC(=O)O)Cc1ccc2c(ccn2CC(C)C)c1. The molecule has 1 N–H and O–H groups in total. The van der Waals surface area contributed by atoms with Crippen molar-refractivity contribution in [3.8, 4) is 0 Å². The van der Waals surface area contributed by atoms with Crippen LogP contribution in [0.15, 0.2) is 42.1 Å². The molecular formula is C17H21NO2. The van der Waals surface area contributed by atoms with E-state index in [0.29, 0.717) is 12.3 Å². The van der Waals surface area contributed by atoms with Gasteiger partial charge >= 0.3 is 5.97 Å². The number of fused-ring (bicyclic) bond motifs is 1. The highest BCUT2D eigenvalue weighted by molar-refractivity contribution is 5.82. The molecule has 3 heteroatoms. The summed E-state index contributed by atoms with van der Waals surface area (Å²) in [7, 11) is 0. The molecule has 0 spiro atoms. The van der Waals surface area contributed by atoms with E-state index >= 15 is 0 Å². The standard InChI is InChI=1S/C17H21NO2/c1-12(2)11-18-7-6-15-10-14(4-5-16(15)18)8-13(3)9-17(19)20/h4-7,9-10,12H,8,11H2,1-3H3,(H,19,20). The lowest BCUT2D eigenvalue weighted by atomic mass is 10.0. The molecule has 0 atom stereocenters. The van der Waals surface area contributed by atoms with Gasteiger partial charge < -0.3 is 9.67 Å². The van der Waals surface area contributed by atoms with Crippen LogP contribution in [-0.2, 0) is 17.8 Å². The monoisotopic (exact) mass is 271 g/mol. The number of aromatic nitrogens is 1. The van der Waals surface area contributed by atoms with Crippen LogP contribution in [0.1, 0.15) is 26.3 Å². The van der Waals surface area contributed by atoms with Crippen LogP contribution in [0.25, 0.3) is 10.9 Å². The molecule has 3 nitrogen and oxygen atoms in total. The maximum Gasteiger partial charge on any atom is 0.328 e. The molecule has 2 aromatic rings. The van der Waals surface area contributed by atoms with Crippen LogP contribution in [0, 0.1) is 5.92 Å². The molecule has 106 valence electrons. The summed E-state index contributed by atoms with van der Waals surface area (Å²) in [6.45, 7) is 7.28. The lowest BCUT2D eigenvalue weighted by Gasteiger charge is -2.09. The highest BCUT2D eigenvalue weighted by atomic mass is 16.4. The highest BCUT2D eigenvalue weighted by Crippen LogP contribution is 2.20. The van der Waals surface area contributed by atoms with E-state index in [1.165, 1.54) is 17.0 Å². The van der Waals surface area contributed by atoms with Gasteiger partial charge in [0.05, 0.1) is 0 Å². The molecule has 1 aromatic carbocycles. The van der Waals surface area contributed by atoms with Gasteiger partial charge in [0.2, 0.25) is 0 Å². The van der Waals surface area contributed by atoms with Crippen molar-refractivity contribution in [3.63, 3.8) is 0 Å². The van der Waals surface area contributed by atoms with Gasteiger partial charge in [0.1, 0.15) is 0 Å². The van der Waals surface area contributed by atoms with Gasteiger partial charge in [-0.25, -0.2) is 4.79 Å². The maximum absolute atomic E-state index is 10.6. The molecule has 0 saturated heterocycles. The number of carbonyl (C=O) groups is 1. The van der Waals surface area contributed by atoms with E-state index in [1.54, 1.807) is 0 Å². The summed E-state index contributed by atoms with van der Waals surface area (Å²) in [5.74, 6) is -0.266. The molecule has 0 unspecified atom stereocenters. The molecule has 0 saturated carbocycles. The van der Waals surface area contributed by atoms with Crippen LogP contribution in [-0.4, -0.2) is 15.6 Å². The van der Waals surface area contributed by atoms with E-state index in [0.717, 1.165) is 17.7 Å². The number of allylic oxidation sites excluding steroid dienone is 1. The minimum Gasteiger partial charge on any atom is -0.478 e. The maximum atomic E-state index is 10.6. The Hall–Kier alpha value is -2.03. The Morgan fingerprint density at radius 1 is 1.35 bits per heavy atom. The first-order chi connectivity index (χ1) is 9.45. The molecule has 20 heavy (non-hydrogen) atoms. The van der Waals surface area contributed by atoms with Crippen molar-refractivity contribution in [1.82, 2.24) is 4.57 Å². The molecule has 0 radical (unpaired) electrons. The Kier molecular flexibility index (Phi) is 4.28. The van der Waals surface area contributed by atoms with Crippen LogP contribution in [0.5, 0.6) is 0 Å². The summed E-state index contributed by atoms with van der Waals surface area (Å²) in [5.41, 5.74) is 3.25. The molecule has 1 heterocycles. The molecule has 0 fully saturated rings. The predicted molar refractivity (Wildman–Crippen MR) is 81.9 cm³/mol. The zero-order valence-electron chi connectivity index (χ0n) is 12.3. The van der Waals surface area contributed by atoms with Crippen molar-refractivity contribution in [2.75, 3.05) is 0 Å². The fraction of sp³-hybridized carbons (Fsp3) is 0.353. The minimum absolute atomic E-state index is 0.617. The van der Waals surface area contributed by atoms with Gasteiger partial charge in [-0.2, -0.15) is 0 Å². The molecule has 2 rings (SSSR count). The highest BCUT2D eigenvalue weighted by Gasteiger charge is 2.05. The zero-order chi connectivity index (χ0) is 14.7. The number of hydrogen-bond donors (Lipinski definition) is 1. The lowest BCUT2D eigenvalue weighted by Crippen LogP contribution is -2.02. The second-order valence-corrected chi connectivity index (χ2v) is 5.76. The first-order valence-corrected chi connectivity index (χ1v) is 6.93. The van der Waals surface area contributed by atoms with Crippen molar-refractivity contribution in [2.24, 2.45) is 5.92 Å². The quantitative estimate of drug-likeness (QED) is 0.839. The van der Waals surface area contributed by atoms with Gasteiger partial charge in [0, 0.05) is 24.3 Å². The van der Waals surface area contributed by atoms with E-state index in [-0.39, 0.29) is 0 Å². The van der Waals surface area contributed by atoms with E-state index in [4.69, 9.17) is 5.11 Å². The van der Waals surface area contributed by atoms with Crippen molar-refractivity contribution in [3.05, 3.63) is 47.7 Å². The Morgan fingerprint density at radius 3 is 2.75 bits per heavy atom. The summed E-state index contributed by atoms with van der Waals surface area (Å²) in [6, 6.07) is 8.47. The number of rotatable bonds is 5. The van der Waals surface area contributed by atoms with Crippen LogP contribution >= 0.6 is 0 Å². The Bertz CT molecular complexity index is 650. The average molecular weight is 271 g/mol. The fourth-order valence-corrected chi connectivity index (χ4v) is 2.50. The van der Waals surface area contributed by atoms with E-state index in [1.807, 2.05) is 6.92 Å². The summed E-state index contributed by atoms with van der Waals surface area (Å²) >= 11 is 0. The van der Waals surface area contributed by atoms with Gasteiger partial charge in [-0.3, -0.25) is 0 Å². The molecule has 0 aliphatic carbocycles. The fourth-order valence-electron chi connectivity index (χ4n) is 2.50. The van der Waals surface area contributed by atoms with Crippen LogP contribution in [0.3, 0.4) is 0 Å². The molecular weight excluding hydrogens is 250 g/mol. The molecule has 0 bridgehead atoms. The first-order valence-electron chi connectivity index (χ1n) is 6.93. The summed E-state index contributed by atoms with van der Waals surface area (Å²) in [5, 5.41) is 9.96. The van der Waals surface area contributed by atoms with Gasteiger partial charge in [0.25, 0.3) is 0 Å². The Morgan fingerprint density at radius 2 is 2.10 bits per heavy atom. The van der Waals surface area contributed by atoms with Crippen molar-refractivity contribution >= 4 is 16.9 Å². The topological polar surface area (TPSA) is 42.2 Å².